The molecule has 1 aliphatic heterocycles. The van der Waals surface area contributed by atoms with E-state index in [-0.39, 0.29) is 5.91 Å². The van der Waals surface area contributed by atoms with Gasteiger partial charge in [0.15, 0.2) is 0 Å². The van der Waals surface area contributed by atoms with E-state index in [1.54, 1.807) is 11.3 Å². The molecule has 2 rings (SSSR count). The monoisotopic (exact) mass is 292 g/mol. The summed E-state index contributed by atoms with van der Waals surface area (Å²) in [5.74, 6) is 0.263. The molecule has 0 spiro atoms. The molecule has 1 atom stereocenters. The summed E-state index contributed by atoms with van der Waals surface area (Å²) in [6.07, 6.45) is 4.74. The summed E-state index contributed by atoms with van der Waals surface area (Å²) in [7, 11) is 0. The number of rotatable bonds is 6. The number of hydrogen-bond acceptors (Lipinski definition) is 3. The molecule has 0 saturated heterocycles. The van der Waals surface area contributed by atoms with Crippen molar-refractivity contribution in [2.75, 3.05) is 13.1 Å². The van der Waals surface area contributed by atoms with Gasteiger partial charge in [0, 0.05) is 25.6 Å². The zero-order chi connectivity index (χ0) is 14.4. The van der Waals surface area contributed by atoms with Crippen molar-refractivity contribution in [1.29, 1.82) is 0 Å². The van der Waals surface area contributed by atoms with Gasteiger partial charge in [-0.2, -0.15) is 11.3 Å². The number of hydrogen-bond donors (Lipinski definition) is 1. The molecule has 1 aliphatic rings. The third-order valence-electron chi connectivity index (χ3n) is 3.91. The molecule has 2 heterocycles. The van der Waals surface area contributed by atoms with Crippen LogP contribution < -0.4 is 5.32 Å². The number of carbonyl (C=O) groups is 1. The number of nitrogens with one attached hydrogen (secondary N) is 1. The zero-order valence-electron chi connectivity index (χ0n) is 12.4. The van der Waals surface area contributed by atoms with E-state index in [2.05, 4.69) is 42.1 Å². The number of nitrogens with zero attached hydrogens (tertiary/aromatic N) is 1. The Morgan fingerprint density at radius 2 is 2.40 bits per heavy atom. The van der Waals surface area contributed by atoms with E-state index in [1.807, 2.05) is 4.90 Å². The first-order valence-corrected chi connectivity index (χ1v) is 8.34. The first-order chi connectivity index (χ1) is 9.70. The van der Waals surface area contributed by atoms with Crippen molar-refractivity contribution < 1.29 is 4.79 Å². The highest BCUT2D eigenvalue weighted by atomic mass is 32.1. The predicted molar refractivity (Wildman–Crippen MR) is 84.8 cm³/mol. The molecular weight excluding hydrogens is 268 g/mol. The fraction of sp³-hybridized carbons (Fsp3) is 0.562. The second kappa shape index (κ2) is 7.60. The van der Waals surface area contributed by atoms with Crippen molar-refractivity contribution >= 4 is 17.2 Å². The second-order valence-corrected chi connectivity index (χ2v) is 6.18. The lowest BCUT2D eigenvalue weighted by Gasteiger charge is -2.29. The highest BCUT2D eigenvalue weighted by Gasteiger charge is 2.20. The third kappa shape index (κ3) is 4.18. The number of carbonyl (C=O) groups excluding carboxylic acids is 1. The second-order valence-electron chi connectivity index (χ2n) is 5.40. The molecule has 0 saturated carbocycles. The van der Waals surface area contributed by atoms with Gasteiger partial charge in [-0.15, -0.1) is 0 Å². The van der Waals surface area contributed by atoms with Gasteiger partial charge in [0.2, 0.25) is 5.91 Å². The maximum absolute atomic E-state index is 12.6. The van der Waals surface area contributed by atoms with E-state index in [0.717, 1.165) is 32.5 Å². The Morgan fingerprint density at radius 3 is 3.00 bits per heavy atom. The van der Waals surface area contributed by atoms with Crippen molar-refractivity contribution in [2.24, 2.45) is 0 Å². The summed E-state index contributed by atoms with van der Waals surface area (Å²) in [5, 5.41) is 7.49. The minimum Gasteiger partial charge on any atom is -0.335 e. The van der Waals surface area contributed by atoms with Gasteiger partial charge in [-0.05, 0) is 48.7 Å². The van der Waals surface area contributed by atoms with Crippen LogP contribution in [0.15, 0.2) is 28.5 Å². The Hall–Kier alpha value is -1.13. The lowest BCUT2D eigenvalue weighted by Crippen LogP contribution is -2.38. The third-order valence-corrected chi connectivity index (χ3v) is 4.64. The van der Waals surface area contributed by atoms with Crippen LogP contribution in [0.5, 0.6) is 0 Å². The minimum absolute atomic E-state index is 0.263. The van der Waals surface area contributed by atoms with E-state index in [1.165, 1.54) is 11.1 Å². The molecule has 110 valence electrons. The topological polar surface area (TPSA) is 32.3 Å². The molecule has 4 heteroatoms. The van der Waals surface area contributed by atoms with Gasteiger partial charge in [-0.25, -0.2) is 0 Å². The van der Waals surface area contributed by atoms with Crippen LogP contribution in [-0.2, 0) is 11.3 Å². The Bertz CT molecular complexity index is 453. The Balaban J connectivity index is 2.01. The summed E-state index contributed by atoms with van der Waals surface area (Å²) >= 11 is 1.69. The Morgan fingerprint density at radius 1 is 1.55 bits per heavy atom. The number of thiophene rings is 1. The highest BCUT2D eigenvalue weighted by molar-refractivity contribution is 7.07. The SMILES string of the molecule is CCC(C)N(Cc1ccsc1)C(=O)CC1=CCNCC1. The summed E-state index contributed by atoms with van der Waals surface area (Å²) < 4.78 is 0. The maximum atomic E-state index is 12.6. The van der Waals surface area contributed by atoms with Gasteiger partial charge in [0.25, 0.3) is 0 Å². The maximum Gasteiger partial charge on any atom is 0.227 e. The van der Waals surface area contributed by atoms with Gasteiger partial charge < -0.3 is 10.2 Å². The molecule has 0 fully saturated rings. The quantitative estimate of drug-likeness (QED) is 0.817. The Labute approximate surface area is 125 Å². The van der Waals surface area contributed by atoms with E-state index < -0.39 is 0 Å². The smallest absolute Gasteiger partial charge is 0.227 e. The minimum atomic E-state index is 0.263. The van der Waals surface area contributed by atoms with Crippen LogP contribution in [0.4, 0.5) is 0 Å². The summed E-state index contributed by atoms with van der Waals surface area (Å²) in [6.45, 7) is 6.91. The van der Waals surface area contributed by atoms with Gasteiger partial charge in [-0.3, -0.25) is 4.79 Å². The molecular formula is C16H24N2OS. The average Bonchev–Trinajstić information content (AvgIpc) is 2.98. The van der Waals surface area contributed by atoms with Crippen LogP contribution in [-0.4, -0.2) is 29.9 Å². The molecule has 1 aromatic rings. The largest absolute Gasteiger partial charge is 0.335 e. The van der Waals surface area contributed by atoms with Crippen LogP contribution in [0.3, 0.4) is 0 Å². The molecule has 1 unspecified atom stereocenters. The first-order valence-electron chi connectivity index (χ1n) is 7.40. The molecule has 20 heavy (non-hydrogen) atoms. The summed E-state index contributed by atoms with van der Waals surface area (Å²) in [6, 6.07) is 2.40. The Kier molecular flexibility index (Phi) is 5.80. The molecule has 0 bridgehead atoms. The van der Waals surface area contributed by atoms with Crippen molar-refractivity contribution in [2.45, 2.75) is 45.7 Å². The average molecular weight is 292 g/mol. The van der Waals surface area contributed by atoms with Crippen LogP contribution in [0.2, 0.25) is 0 Å². The van der Waals surface area contributed by atoms with Gasteiger partial charge in [0.1, 0.15) is 0 Å². The highest BCUT2D eigenvalue weighted by Crippen LogP contribution is 2.18. The molecule has 3 nitrogen and oxygen atoms in total. The van der Waals surface area contributed by atoms with Crippen molar-refractivity contribution in [1.82, 2.24) is 10.2 Å². The van der Waals surface area contributed by atoms with Crippen molar-refractivity contribution in [3.05, 3.63) is 34.0 Å². The van der Waals surface area contributed by atoms with Gasteiger partial charge in [0.05, 0.1) is 0 Å². The fourth-order valence-corrected chi connectivity index (χ4v) is 3.08. The van der Waals surface area contributed by atoms with E-state index in [4.69, 9.17) is 0 Å². The lowest BCUT2D eigenvalue weighted by molar-refractivity contribution is -0.133. The van der Waals surface area contributed by atoms with Gasteiger partial charge in [-0.1, -0.05) is 18.6 Å². The number of amides is 1. The molecule has 0 aliphatic carbocycles. The summed E-state index contributed by atoms with van der Waals surface area (Å²) in [5.41, 5.74) is 2.52. The zero-order valence-corrected chi connectivity index (χ0v) is 13.2. The van der Waals surface area contributed by atoms with Crippen molar-refractivity contribution in [3.63, 3.8) is 0 Å². The van der Waals surface area contributed by atoms with Crippen LogP contribution in [0, 0.1) is 0 Å². The lowest BCUT2D eigenvalue weighted by atomic mass is 10.0. The van der Waals surface area contributed by atoms with Crippen LogP contribution in [0.1, 0.15) is 38.7 Å². The molecule has 0 aromatic carbocycles. The molecule has 1 N–H and O–H groups in total. The van der Waals surface area contributed by atoms with E-state index in [0.29, 0.717) is 12.5 Å². The predicted octanol–water partition coefficient (Wildman–Crippen LogP) is 3.19. The molecule has 1 aromatic heterocycles. The van der Waals surface area contributed by atoms with E-state index in [9.17, 15) is 4.79 Å². The van der Waals surface area contributed by atoms with Crippen LogP contribution in [0.25, 0.3) is 0 Å². The van der Waals surface area contributed by atoms with Gasteiger partial charge >= 0.3 is 0 Å². The normalized spacial score (nSPS) is 16.6. The van der Waals surface area contributed by atoms with Crippen LogP contribution >= 0.6 is 11.3 Å². The fourth-order valence-electron chi connectivity index (χ4n) is 2.42. The standard InChI is InChI=1S/C16H24N2OS/c1-3-13(2)18(11-15-6-9-20-12-15)16(19)10-14-4-7-17-8-5-14/h4,6,9,12-13,17H,3,5,7-8,10-11H2,1-2H3. The first kappa shape index (κ1) is 15.3. The van der Waals surface area contributed by atoms with Crippen molar-refractivity contribution in [3.8, 4) is 0 Å². The van der Waals surface area contributed by atoms with E-state index >= 15 is 0 Å². The molecule has 0 radical (unpaired) electrons. The molecule has 1 amide bonds. The summed E-state index contributed by atoms with van der Waals surface area (Å²) in [4.78, 5) is 14.6.